The lowest BCUT2D eigenvalue weighted by Gasteiger charge is -2.13. The average Bonchev–Trinajstić information content (AvgIpc) is 2.94. The number of fused-ring (bicyclic) bond motifs is 1. The van der Waals surface area contributed by atoms with Crippen molar-refractivity contribution in [1.82, 2.24) is 4.90 Å². The van der Waals surface area contributed by atoms with E-state index in [1.807, 2.05) is 0 Å². The lowest BCUT2D eigenvalue weighted by atomic mass is 10.1. The van der Waals surface area contributed by atoms with Gasteiger partial charge in [-0.05, 0) is 30.3 Å². The van der Waals surface area contributed by atoms with Crippen LogP contribution < -0.4 is 10.6 Å². The molecule has 0 bridgehead atoms. The molecule has 2 aromatic rings. The van der Waals surface area contributed by atoms with Crippen LogP contribution in [-0.2, 0) is 9.59 Å². The second-order valence-electron chi connectivity index (χ2n) is 6.19. The zero-order chi connectivity index (χ0) is 21.8. The number of benzene rings is 2. The molecule has 11 nitrogen and oxygen atoms in total. The zero-order valence-electron chi connectivity index (χ0n) is 15.2. The van der Waals surface area contributed by atoms with E-state index in [0.29, 0.717) is 16.3 Å². The number of carbonyl (C=O) groups is 4. The first-order chi connectivity index (χ1) is 14.3. The molecule has 0 atom stereocenters. The fourth-order valence-electron chi connectivity index (χ4n) is 2.79. The summed E-state index contributed by atoms with van der Waals surface area (Å²) in [6, 6.07) is 11.0. The molecule has 0 aliphatic carbocycles. The molecular formula is C19H13N5O6. The number of nitro groups is 1. The van der Waals surface area contributed by atoms with Crippen molar-refractivity contribution in [2.45, 2.75) is 6.42 Å². The highest BCUT2D eigenvalue weighted by Gasteiger charge is 2.37. The van der Waals surface area contributed by atoms with Gasteiger partial charge in [-0.2, -0.15) is 5.26 Å². The fraction of sp³-hybridized carbons (Fsp3) is 0.105. The average molecular weight is 407 g/mol. The van der Waals surface area contributed by atoms with Gasteiger partial charge in [-0.15, -0.1) is 0 Å². The van der Waals surface area contributed by atoms with Crippen molar-refractivity contribution in [2.75, 3.05) is 17.2 Å². The Morgan fingerprint density at radius 1 is 0.967 bits per heavy atom. The van der Waals surface area contributed by atoms with Gasteiger partial charge in [0.1, 0.15) is 13.0 Å². The molecule has 0 saturated heterocycles. The maximum Gasteiger partial charge on any atom is 0.270 e. The van der Waals surface area contributed by atoms with Gasteiger partial charge in [0.2, 0.25) is 11.8 Å². The SMILES string of the molecule is N#CCC(=O)Nc1ccc(NC(=O)CN2C(=O)c3ccc([N+](=O)[O-])cc3C2=O)cc1. The van der Waals surface area contributed by atoms with Gasteiger partial charge in [-0.25, -0.2) is 0 Å². The first-order valence-electron chi connectivity index (χ1n) is 8.51. The van der Waals surface area contributed by atoms with Crippen molar-refractivity contribution >= 4 is 40.7 Å². The Bertz CT molecular complexity index is 1120. The number of anilines is 2. The number of non-ortho nitro benzene ring substituents is 1. The predicted octanol–water partition coefficient (Wildman–Crippen LogP) is 1.68. The minimum Gasteiger partial charge on any atom is -0.325 e. The van der Waals surface area contributed by atoms with Crippen LogP contribution in [0.4, 0.5) is 17.1 Å². The summed E-state index contributed by atoms with van der Waals surface area (Å²) in [7, 11) is 0. The van der Waals surface area contributed by atoms with Gasteiger partial charge < -0.3 is 10.6 Å². The molecule has 2 N–H and O–H groups in total. The summed E-state index contributed by atoms with van der Waals surface area (Å²) in [4.78, 5) is 59.3. The van der Waals surface area contributed by atoms with Crippen molar-refractivity contribution in [3.63, 3.8) is 0 Å². The van der Waals surface area contributed by atoms with Crippen LogP contribution in [0.3, 0.4) is 0 Å². The van der Waals surface area contributed by atoms with Crippen LogP contribution in [0.25, 0.3) is 0 Å². The Morgan fingerprint density at radius 3 is 2.10 bits per heavy atom. The van der Waals surface area contributed by atoms with Crippen molar-refractivity contribution in [3.05, 3.63) is 63.7 Å². The number of hydrogen-bond donors (Lipinski definition) is 2. The van der Waals surface area contributed by atoms with Crippen molar-refractivity contribution in [3.8, 4) is 6.07 Å². The molecule has 1 aliphatic heterocycles. The molecule has 0 saturated carbocycles. The Balaban J connectivity index is 1.64. The lowest BCUT2D eigenvalue weighted by Crippen LogP contribution is -2.37. The molecule has 150 valence electrons. The summed E-state index contributed by atoms with van der Waals surface area (Å²) < 4.78 is 0. The summed E-state index contributed by atoms with van der Waals surface area (Å²) in [6.45, 7) is -0.569. The normalized spacial score (nSPS) is 12.2. The zero-order valence-corrected chi connectivity index (χ0v) is 15.2. The Labute approximate surface area is 169 Å². The standard InChI is InChI=1S/C19H13N5O6/c20-8-7-16(25)21-11-1-3-12(4-2-11)22-17(26)10-23-18(27)14-6-5-13(24(29)30)9-15(14)19(23)28/h1-6,9H,7,10H2,(H,21,25)(H,22,26). The summed E-state index contributed by atoms with van der Waals surface area (Å²) >= 11 is 0. The van der Waals surface area contributed by atoms with Gasteiger partial charge in [0.15, 0.2) is 0 Å². The largest absolute Gasteiger partial charge is 0.325 e. The van der Waals surface area contributed by atoms with E-state index >= 15 is 0 Å². The molecule has 4 amide bonds. The third-order valence-corrected chi connectivity index (χ3v) is 4.16. The van der Waals surface area contributed by atoms with E-state index in [4.69, 9.17) is 5.26 Å². The highest BCUT2D eigenvalue weighted by Crippen LogP contribution is 2.26. The summed E-state index contributed by atoms with van der Waals surface area (Å²) in [5.74, 6) is -2.62. The number of nitriles is 1. The van der Waals surface area contributed by atoms with Crippen molar-refractivity contribution < 1.29 is 24.1 Å². The van der Waals surface area contributed by atoms with E-state index in [2.05, 4.69) is 10.6 Å². The number of hydrogen-bond acceptors (Lipinski definition) is 7. The first-order valence-corrected chi connectivity index (χ1v) is 8.51. The van der Waals surface area contributed by atoms with Crippen molar-refractivity contribution in [2.24, 2.45) is 0 Å². The maximum absolute atomic E-state index is 12.4. The number of nitrogens with one attached hydrogen (secondary N) is 2. The van der Waals surface area contributed by atoms with Crippen LogP contribution >= 0.6 is 0 Å². The first kappa shape index (κ1) is 20.2. The number of nitro benzene ring substituents is 1. The number of nitrogens with zero attached hydrogens (tertiary/aromatic N) is 3. The van der Waals surface area contributed by atoms with Gasteiger partial charge >= 0.3 is 0 Å². The minimum atomic E-state index is -0.788. The highest BCUT2D eigenvalue weighted by molar-refractivity contribution is 6.23. The molecule has 11 heteroatoms. The maximum atomic E-state index is 12.4. The Kier molecular flexibility index (Phi) is 5.50. The van der Waals surface area contributed by atoms with E-state index in [0.717, 1.165) is 12.1 Å². The summed E-state index contributed by atoms with van der Waals surface area (Å²) in [5.41, 5.74) is 0.319. The Morgan fingerprint density at radius 2 is 1.53 bits per heavy atom. The van der Waals surface area contributed by atoms with Crippen LogP contribution in [0.15, 0.2) is 42.5 Å². The van der Waals surface area contributed by atoms with Crippen LogP contribution in [0.2, 0.25) is 0 Å². The molecule has 0 unspecified atom stereocenters. The highest BCUT2D eigenvalue weighted by atomic mass is 16.6. The van der Waals surface area contributed by atoms with E-state index < -0.39 is 35.1 Å². The number of rotatable bonds is 6. The molecule has 0 spiro atoms. The summed E-state index contributed by atoms with van der Waals surface area (Å²) in [5, 5.41) is 24.3. The molecule has 3 rings (SSSR count). The number of imide groups is 1. The fourth-order valence-corrected chi connectivity index (χ4v) is 2.79. The molecule has 1 aliphatic rings. The molecular weight excluding hydrogens is 394 g/mol. The van der Waals surface area contributed by atoms with Gasteiger partial charge in [-0.3, -0.25) is 34.2 Å². The van der Waals surface area contributed by atoms with Gasteiger partial charge in [0, 0.05) is 23.5 Å². The van der Waals surface area contributed by atoms with Gasteiger partial charge in [0.25, 0.3) is 17.5 Å². The topological polar surface area (TPSA) is 163 Å². The van der Waals surface area contributed by atoms with Crippen LogP contribution in [0.1, 0.15) is 27.1 Å². The number of amides is 4. The second kappa shape index (κ2) is 8.19. The summed E-state index contributed by atoms with van der Waals surface area (Å²) in [6.07, 6.45) is -0.290. The lowest BCUT2D eigenvalue weighted by molar-refractivity contribution is -0.384. The van der Waals surface area contributed by atoms with Crippen LogP contribution in [0, 0.1) is 21.4 Å². The minimum absolute atomic E-state index is 0.00383. The molecule has 2 aromatic carbocycles. The third kappa shape index (κ3) is 4.12. The predicted molar refractivity (Wildman–Crippen MR) is 102 cm³/mol. The molecule has 30 heavy (non-hydrogen) atoms. The Hall–Kier alpha value is -4.59. The van der Waals surface area contributed by atoms with Gasteiger partial charge in [0.05, 0.1) is 22.1 Å². The van der Waals surface area contributed by atoms with Crippen molar-refractivity contribution in [1.29, 1.82) is 5.26 Å². The van der Waals surface area contributed by atoms with Crippen LogP contribution in [0.5, 0.6) is 0 Å². The molecule has 0 fully saturated rings. The quantitative estimate of drug-likeness (QED) is 0.418. The molecule has 0 radical (unpaired) electrons. The second-order valence-corrected chi connectivity index (χ2v) is 6.19. The van der Waals surface area contributed by atoms with E-state index in [1.54, 1.807) is 6.07 Å². The molecule has 1 heterocycles. The van der Waals surface area contributed by atoms with Gasteiger partial charge in [-0.1, -0.05) is 0 Å². The van der Waals surface area contributed by atoms with Crippen LogP contribution in [-0.4, -0.2) is 40.0 Å². The third-order valence-electron chi connectivity index (χ3n) is 4.16. The smallest absolute Gasteiger partial charge is 0.270 e. The number of carbonyl (C=O) groups excluding carboxylic acids is 4. The van der Waals surface area contributed by atoms with E-state index in [1.165, 1.54) is 30.3 Å². The monoisotopic (exact) mass is 407 g/mol. The van der Waals surface area contributed by atoms with E-state index in [-0.39, 0.29) is 23.2 Å². The molecule has 0 aromatic heterocycles. The van der Waals surface area contributed by atoms with E-state index in [9.17, 15) is 29.3 Å².